The maximum Gasteiger partial charge on any atom is 0.261 e. The summed E-state index contributed by atoms with van der Waals surface area (Å²) in [7, 11) is 0. The normalized spacial score (nSPS) is 23.9. The van der Waals surface area contributed by atoms with Gasteiger partial charge in [0.05, 0.1) is 17.5 Å². The fourth-order valence-corrected chi connectivity index (χ4v) is 2.74. The van der Waals surface area contributed by atoms with Gasteiger partial charge in [0, 0.05) is 6.20 Å². The van der Waals surface area contributed by atoms with Crippen LogP contribution in [0.25, 0.3) is 11.0 Å². The minimum Gasteiger partial charge on any atom is -0.355 e. The molecule has 96 valence electrons. The van der Waals surface area contributed by atoms with Crippen molar-refractivity contribution in [1.29, 1.82) is 0 Å². The Morgan fingerprint density at radius 1 is 1.61 bits per heavy atom. The molecule has 1 fully saturated rings. The molecule has 0 unspecified atom stereocenters. The summed E-state index contributed by atoms with van der Waals surface area (Å²) in [4.78, 5) is 18.4. The van der Waals surface area contributed by atoms with Crippen molar-refractivity contribution in [3.05, 3.63) is 27.9 Å². The molecular formula is C12H14ClN3O2. The summed E-state index contributed by atoms with van der Waals surface area (Å²) in [5, 5.41) is 0.852. The Balaban J connectivity index is 2.08. The van der Waals surface area contributed by atoms with Crippen molar-refractivity contribution < 1.29 is 4.74 Å². The van der Waals surface area contributed by atoms with Crippen LogP contribution in [0.3, 0.4) is 0 Å². The molecule has 18 heavy (non-hydrogen) atoms. The van der Waals surface area contributed by atoms with E-state index in [1.54, 1.807) is 6.20 Å². The third kappa shape index (κ3) is 1.74. The topological polar surface area (TPSA) is 59.9 Å². The first-order chi connectivity index (χ1) is 8.70. The maximum absolute atomic E-state index is 11.7. The van der Waals surface area contributed by atoms with E-state index in [-0.39, 0.29) is 17.9 Å². The van der Waals surface area contributed by atoms with E-state index in [1.165, 1.54) is 6.33 Å². The van der Waals surface area contributed by atoms with E-state index in [4.69, 9.17) is 16.3 Å². The molecule has 1 N–H and O–H groups in total. The molecule has 0 saturated carbocycles. The molecule has 6 heteroatoms. The summed E-state index contributed by atoms with van der Waals surface area (Å²) in [5.41, 5.74) is 0.374. The van der Waals surface area contributed by atoms with Crippen molar-refractivity contribution in [3.8, 4) is 0 Å². The molecule has 3 rings (SSSR count). The Morgan fingerprint density at radius 2 is 2.44 bits per heavy atom. The molecule has 0 bridgehead atoms. The third-order valence-electron chi connectivity index (χ3n) is 3.42. The number of hydrogen-bond acceptors (Lipinski definition) is 3. The molecule has 3 heterocycles. The summed E-state index contributed by atoms with van der Waals surface area (Å²) >= 11 is 6.10. The number of ether oxygens (including phenoxy) is 1. The average Bonchev–Trinajstić information content (AvgIpc) is 2.94. The van der Waals surface area contributed by atoms with E-state index in [0.717, 1.165) is 19.3 Å². The zero-order chi connectivity index (χ0) is 12.7. The van der Waals surface area contributed by atoms with Crippen molar-refractivity contribution in [2.45, 2.75) is 38.5 Å². The predicted octanol–water partition coefficient (Wildman–Crippen LogP) is 2.47. The van der Waals surface area contributed by atoms with Gasteiger partial charge in [0.25, 0.3) is 5.56 Å². The molecule has 1 saturated heterocycles. The van der Waals surface area contributed by atoms with Gasteiger partial charge < -0.3 is 14.3 Å². The number of aromatic nitrogens is 3. The van der Waals surface area contributed by atoms with Crippen LogP contribution in [0.5, 0.6) is 0 Å². The van der Waals surface area contributed by atoms with Gasteiger partial charge >= 0.3 is 0 Å². The minimum absolute atomic E-state index is 0.0701. The van der Waals surface area contributed by atoms with Crippen molar-refractivity contribution in [3.63, 3.8) is 0 Å². The molecule has 0 spiro atoms. The monoisotopic (exact) mass is 267 g/mol. The van der Waals surface area contributed by atoms with E-state index >= 15 is 0 Å². The van der Waals surface area contributed by atoms with Gasteiger partial charge in [0.15, 0.2) is 5.65 Å². The van der Waals surface area contributed by atoms with Crippen LogP contribution in [-0.4, -0.2) is 20.6 Å². The second kappa shape index (κ2) is 4.40. The van der Waals surface area contributed by atoms with Crippen LogP contribution < -0.4 is 5.56 Å². The van der Waals surface area contributed by atoms with Crippen molar-refractivity contribution in [1.82, 2.24) is 14.5 Å². The summed E-state index contributed by atoms with van der Waals surface area (Å²) in [5.74, 6) is 0. The summed E-state index contributed by atoms with van der Waals surface area (Å²) < 4.78 is 7.77. The lowest BCUT2D eigenvalue weighted by atomic mass is 10.2. The Kier molecular flexibility index (Phi) is 2.87. The van der Waals surface area contributed by atoms with Crippen molar-refractivity contribution in [2.75, 3.05) is 0 Å². The fourth-order valence-electron chi connectivity index (χ4n) is 2.46. The molecule has 0 amide bonds. The van der Waals surface area contributed by atoms with Gasteiger partial charge in [-0.2, -0.15) is 0 Å². The molecule has 1 aliphatic rings. The van der Waals surface area contributed by atoms with Crippen LogP contribution >= 0.6 is 11.6 Å². The smallest absolute Gasteiger partial charge is 0.261 e. The number of halogens is 1. The first-order valence-corrected chi connectivity index (χ1v) is 6.47. The highest BCUT2D eigenvalue weighted by molar-refractivity contribution is 6.35. The molecule has 2 atom stereocenters. The predicted molar refractivity (Wildman–Crippen MR) is 68.8 cm³/mol. The van der Waals surface area contributed by atoms with Crippen molar-refractivity contribution in [2.24, 2.45) is 0 Å². The Morgan fingerprint density at radius 3 is 3.17 bits per heavy atom. The lowest BCUT2D eigenvalue weighted by Crippen LogP contribution is -2.12. The molecule has 2 aromatic rings. The highest BCUT2D eigenvalue weighted by Gasteiger charge is 2.27. The highest BCUT2D eigenvalue weighted by atomic mass is 35.5. The largest absolute Gasteiger partial charge is 0.355 e. The number of nitrogens with one attached hydrogen (secondary N) is 1. The van der Waals surface area contributed by atoms with Gasteiger partial charge in [-0.15, -0.1) is 0 Å². The van der Waals surface area contributed by atoms with Crippen LogP contribution in [-0.2, 0) is 4.74 Å². The van der Waals surface area contributed by atoms with E-state index in [1.807, 2.05) is 4.57 Å². The Bertz CT molecular complexity index is 634. The zero-order valence-electron chi connectivity index (χ0n) is 10.0. The van der Waals surface area contributed by atoms with Crippen LogP contribution in [0, 0.1) is 0 Å². The number of fused-ring (bicyclic) bond motifs is 1. The molecule has 0 aliphatic carbocycles. The number of aromatic amines is 1. The lowest BCUT2D eigenvalue weighted by Gasteiger charge is -2.14. The van der Waals surface area contributed by atoms with E-state index in [0.29, 0.717) is 16.1 Å². The standard InChI is InChI=1S/C12H14ClN3O2/c1-2-7-3-4-9(18-7)16-5-8(13)10-11(16)14-6-15-12(10)17/h5-7,9H,2-4H2,1H3,(H,14,15,17)/t7-,9-/m1/s1. The molecule has 0 radical (unpaired) electrons. The summed E-state index contributed by atoms with van der Waals surface area (Å²) in [6.07, 6.45) is 6.29. The fraction of sp³-hybridized carbons (Fsp3) is 0.500. The zero-order valence-corrected chi connectivity index (χ0v) is 10.8. The number of rotatable bonds is 2. The van der Waals surface area contributed by atoms with E-state index < -0.39 is 0 Å². The van der Waals surface area contributed by atoms with Crippen molar-refractivity contribution >= 4 is 22.6 Å². The summed E-state index contributed by atoms with van der Waals surface area (Å²) in [6, 6.07) is 0. The molecule has 5 nitrogen and oxygen atoms in total. The maximum atomic E-state index is 11.7. The highest BCUT2D eigenvalue weighted by Crippen LogP contribution is 2.33. The van der Waals surface area contributed by atoms with Gasteiger partial charge in [-0.05, 0) is 19.3 Å². The van der Waals surface area contributed by atoms with Gasteiger partial charge in [-0.1, -0.05) is 18.5 Å². The van der Waals surface area contributed by atoms with Gasteiger partial charge in [-0.3, -0.25) is 4.79 Å². The minimum atomic E-state index is -0.214. The lowest BCUT2D eigenvalue weighted by molar-refractivity contribution is 0.00321. The van der Waals surface area contributed by atoms with E-state index in [9.17, 15) is 4.79 Å². The SMILES string of the molecule is CC[C@@H]1CC[C@H](n2cc(Cl)c3c(=O)[nH]cnc32)O1. The van der Waals surface area contributed by atoms with Crippen LogP contribution in [0.15, 0.2) is 17.3 Å². The average molecular weight is 268 g/mol. The first kappa shape index (κ1) is 11.7. The number of hydrogen-bond donors (Lipinski definition) is 1. The molecular weight excluding hydrogens is 254 g/mol. The van der Waals surface area contributed by atoms with Crippen LogP contribution in [0.2, 0.25) is 5.02 Å². The van der Waals surface area contributed by atoms with Gasteiger partial charge in [-0.25, -0.2) is 4.98 Å². The number of H-pyrrole nitrogens is 1. The summed E-state index contributed by atoms with van der Waals surface area (Å²) in [6.45, 7) is 2.11. The molecule has 1 aliphatic heterocycles. The quantitative estimate of drug-likeness (QED) is 0.909. The molecule has 2 aromatic heterocycles. The first-order valence-electron chi connectivity index (χ1n) is 6.10. The van der Waals surface area contributed by atoms with Gasteiger partial charge in [0.2, 0.25) is 0 Å². The second-order valence-corrected chi connectivity index (χ2v) is 4.92. The molecule has 0 aromatic carbocycles. The second-order valence-electron chi connectivity index (χ2n) is 4.51. The van der Waals surface area contributed by atoms with E-state index in [2.05, 4.69) is 16.9 Å². The Hall–Kier alpha value is -1.33. The Labute approximate surface area is 109 Å². The van der Waals surface area contributed by atoms with Crippen LogP contribution in [0.4, 0.5) is 0 Å². The van der Waals surface area contributed by atoms with Crippen LogP contribution in [0.1, 0.15) is 32.4 Å². The number of nitrogens with zero attached hydrogens (tertiary/aromatic N) is 2. The third-order valence-corrected chi connectivity index (χ3v) is 3.71. The van der Waals surface area contributed by atoms with Gasteiger partial charge in [0.1, 0.15) is 11.6 Å².